The minimum Gasteiger partial charge on any atom is -0.377 e. The van der Waals surface area contributed by atoms with Gasteiger partial charge in [0.15, 0.2) is 0 Å². The smallest absolute Gasteiger partial charge is 0.241 e. The molecule has 4 heteroatoms. The summed E-state index contributed by atoms with van der Waals surface area (Å²) in [6, 6.07) is 0. The fourth-order valence-electron chi connectivity index (χ4n) is 4.13. The number of hydrogen-bond acceptors (Lipinski definition) is 3. The first-order valence-corrected chi connectivity index (χ1v) is 7.40. The van der Waals surface area contributed by atoms with Crippen molar-refractivity contribution in [1.82, 2.24) is 5.32 Å². The zero-order valence-electron chi connectivity index (χ0n) is 12.5. The standard InChI is InChI=1S/C15H26N2O2/c1-13(2)7-9(13)8-17-12(18)15(16)10-5-6-19-11(10)14(15,3)4/h9-11H,5-8,16H2,1-4H3,(H,17,18). The lowest BCUT2D eigenvalue weighted by Gasteiger charge is -2.60. The Bertz CT molecular complexity index is 418. The normalized spacial score (nSPS) is 45.2. The van der Waals surface area contributed by atoms with Crippen molar-refractivity contribution in [3.63, 3.8) is 0 Å². The van der Waals surface area contributed by atoms with Crippen molar-refractivity contribution < 1.29 is 9.53 Å². The van der Waals surface area contributed by atoms with Crippen LogP contribution in [0.1, 0.15) is 40.5 Å². The lowest BCUT2D eigenvalue weighted by Crippen LogP contribution is -2.80. The third-order valence-corrected chi connectivity index (χ3v) is 6.06. The summed E-state index contributed by atoms with van der Waals surface area (Å²) in [4.78, 5) is 12.6. The molecule has 2 aliphatic carbocycles. The molecule has 3 aliphatic rings. The highest BCUT2D eigenvalue weighted by atomic mass is 16.5. The number of nitrogens with two attached hydrogens (primary N) is 1. The molecule has 0 aromatic carbocycles. The molecule has 19 heavy (non-hydrogen) atoms. The average Bonchev–Trinajstić information content (AvgIpc) is 2.80. The van der Waals surface area contributed by atoms with Crippen molar-refractivity contribution in [3.05, 3.63) is 0 Å². The van der Waals surface area contributed by atoms with Crippen molar-refractivity contribution in [2.24, 2.45) is 28.4 Å². The summed E-state index contributed by atoms with van der Waals surface area (Å²) < 4.78 is 5.72. The Kier molecular flexibility index (Phi) is 2.63. The van der Waals surface area contributed by atoms with E-state index in [1.165, 1.54) is 6.42 Å². The molecule has 1 heterocycles. The Morgan fingerprint density at radius 1 is 1.37 bits per heavy atom. The number of carbonyl (C=O) groups excluding carboxylic acids is 1. The van der Waals surface area contributed by atoms with Crippen LogP contribution < -0.4 is 11.1 Å². The minimum atomic E-state index is -0.757. The molecular weight excluding hydrogens is 240 g/mol. The SMILES string of the molecule is CC1(C)CC1CNC(=O)C1(N)C2CCOC2C1(C)C. The van der Waals surface area contributed by atoms with E-state index in [2.05, 4.69) is 33.0 Å². The first-order chi connectivity index (χ1) is 8.71. The van der Waals surface area contributed by atoms with Crippen LogP contribution in [0.15, 0.2) is 0 Å². The lowest BCUT2D eigenvalue weighted by atomic mass is 9.48. The number of carbonyl (C=O) groups is 1. The molecule has 4 atom stereocenters. The zero-order valence-corrected chi connectivity index (χ0v) is 12.5. The Morgan fingerprint density at radius 2 is 2.00 bits per heavy atom. The van der Waals surface area contributed by atoms with Gasteiger partial charge in [0.1, 0.15) is 5.54 Å². The van der Waals surface area contributed by atoms with Crippen LogP contribution in [0.5, 0.6) is 0 Å². The van der Waals surface area contributed by atoms with E-state index in [4.69, 9.17) is 10.5 Å². The molecule has 1 amide bonds. The molecule has 2 saturated carbocycles. The van der Waals surface area contributed by atoms with Crippen LogP contribution in [0.25, 0.3) is 0 Å². The molecule has 0 bridgehead atoms. The van der Waals surface area contributed by atoms with E-state index in [0.717, 1.165) is 19.6 Å². The van der Waals surface area contributed by atoms with Gasteiger partial charge in [-0.1, -0.05) is 27.7 Å². The van der Waals surface area contributed by atoms with E-state index >= 15 is 0 Å². The molecule has 4 nitrogen and oxygen atoms in total. The van der Waals surface area contributed by atoms with Crippen LogP contribution in [0, 0.1) is 22.7 Å². The van der Waals surface area contributed by atoms with E-state index in [9.17, 15) is 4.79 Å². The molecule has 3 rings (SSSR count). The minimum absolute atomic E-state index is 0.0203. The molecule has 108 valence electrons. The van der Waals surface area contributed by atoms with Gasteiger partial charge in [-0.3, -0.25) is 4.79 Å². The van der Waals surface area contributed by atoms with Crippen molar-refractivity contribution in [2.75, 3.05) is 13.2 Å². The number of ether oxygens (including phenoxy) is 1. The van der Waals surface area contributed by atoms with Gasteiger partial charge in [-0.25, -0.2) is 0 Å². The monoisotopic (exact) mass is 266 g/mol. The van der Waals surface area contributed by atoms with Gasteiger partial charge in [0.25, 0.3) is 0 Å². The number of amides is 1. The average molecular weight is 266 g/mol. The second kappa shape index (κ2) is 3.73. The Balaban J connectivity index is 1.65. The van der Waals surface area contributed by atoms with Gasteiger partial charge in [0.2, 0.25) is 5.91 Å². The maximum atomic E-state index is 12.6. The molecular formula is C15H26N2O2. The van der Waals surface area contributed by atoms with Crippen molar-refractivity contribution >= 4 is 5.91 Å². The Morgan fingerprint density at radius 3 is 2.58 bits per heavy atom. The third-order valence-electron chi connectivity index (χ3n) is 6.06. The maximum absolute atomic E-state index is 12.6. The topological polar surface area (TPSA) is 64.4 Å². The molecule has 3 N–H and O–H groups in total. The molecule has 0 aromatic heterocycles. The molecule has 0 radical (unpaired) electrons. The van der Waals surface area contributed by atoms with Crippen LogP contribution in [0.4, 0.5) is 0 Å². The maximum Gasteiger partial charge on any atom is 0.241 e. The highest BCUT2D eigenvalue weighted by molar-refractivity contribution is 5.89. The number of rotatable bonds is 3. The van der Waals surface area contributed by atoms with Gasteiger partial charge in [0, 0.05) is 24.5 Å². The van der Waals surface area contributed by atoms with E-state index in [1.54, 1.807) is 0 Å². The van der Waals surface area contributed by atoms with Gasteiger partial charge in [-0.05, 0) is 24.2 Å². The van der Waals surface area contributed by atoms with E-state index < -0.39 is 5.54 Å². The second-order valence-electron chi connectivity index (χ2n) is 7.88. The van der Waals surface area contributed by atoms with Crippen LogP contribution in [-0.2, 0) is 9.53 Å². The molecule has 1 aliphatic heterocycles. The van der Waals surface area contributed by atoms with Crippen molar-refractivity contribution in [3.8, 4) is 0 Å². The highest BCUT2D eigenvalue weighted by Gasteiger charge is 2.71. The number of hydrogen-bond donors (Lipinski definition) is 2. The van der Waals surface area contributed by atoms with Crippen LogP contribution in [0.3, 0.4) is 0 Å². The van der Waals surface area contributed by atoms with Gasteiger partial charge in [0.05, 0.1) is 6.10 Å². The summed E-state index contributed by atoms with van der Waals surface area (Å²) in [5, 5.41) is 3.09. The second-order valence-corrected chi connectivity index (χ2v) is 7.88. The van der Waals surface area contributed by atoms with Crippen LogP contribution >= 0.6 is 0 Å². The predicted molar refractivity (Wildman–Crippen MR) is 73.4 cm³/mol. The summed E-state index contributed by atoms with van der Waals surface area (Å²) in [6.07, 6.45) is 2.26. The fraction of sp³-hybridized carbons (Fsp3) is 0.933. The zero-order chi connectivity index (χ0) is 14.1. The number of nitrogens with one attached hydrogen (secondary N) is 1. The quantitative estimate of drug-likeness (QED) is 0.809. The van der Waals surface area contributed by atoms with E-state index in [0.29, 0.717) is 11.3 Å². The van der Waals surface area contributed by atoms with Crippen molar-refractivity contribution in [2.45, 2.75) is 52.2 Å². The largest absolute Gasteiger partial charge is 0.377 e. The summed E-state index contributed by atoms with van der Waals surface area (Å²) in [5.41, 5.74) is 5.86. The molecule has 0 spiro atoms. The highest BCUT2D eigenvalue weighted by Crippen LogP contribution is 2.58. The Hall–Kier alpha value is -0.610. The molecule has 0 aromatic rings. The first-order valence-electron chi connectivity index (χ1n) is 7.40. The summed E-state index contributed by atoms with van der Waals surface area (Å²) in [6.45, 7) is 10.1. The van der Waals surface area contributed by atoms with Gasteiger partial charge in [-0.2, -0.15) is 0 Å². The summed E-state index contributed by atoms with van der Waals surface area (Å²) in [7, 11) is 0. The number of fused-ring (bicyclic) bond motifs is 1. The van der Waals surface area contributed by atoms with Crippen LogP contribution in [0.2, 0.25) is 0 Å². The molecule has 3 fully saturated rings. The van der Waals surface area contributed by atoms with Gasteiger partial charge >= 0.3 is 0 Å². The predicted octanol–water partition coefficient (Wildman–Crippen LogP) is 1.29. The third kappa shape index (κ3) is 1.62. The molecule has 4 unspecified atom stereocenters. The van der Waals surface area contributed by atoms with Gasteiger partial charge in [-0.15, -0.1) is 0 Å². The van der Waals surface area contributed by atoms with E-state index in [1.807, 2.05) is 0 Å². The Labute approximate surface area is 115 Å². The van der Waals surface area contributed by atoms with Crippen LogP contribution in [-0.4, -0.2) is 30.7 Å². The van der Waals surface area contributed by atoms with Gasteiger partial charge < -0.3 is 15.8 Å². The fourth-order valence-corrected chi connectivity index (χ4v) is 4.13. The van der Waals surface area contributed by atoms with Crippen molar-refractivity contribution in [1.29, 1.82) is 0 Å². The lowest BCUT2D eigenvalue weighted by molar-refractivity contribution is -0.175. The van der Waals surface area contributed by atoms with E-state index in [-0.39, 0.29) is 23.3 Å². The first kappa shape index (κ1) is 13.4. The summed E-state index contributed by atoms with van der Waals surface area (Å²) in [5.74, 6) is 0.820. The summed E-state index contributed by atoms with van der Waals surface area (Å²) >= 11 is 0. The molecule has 1 saturated heterocycles.